The van der Waals surface area contributed by atoms with Crippen LogP contribution in [0.2, 0.25) is 0 Å². The van der Waals surface area contributed by atoms with Gasteiger partial charge in [-0.05, 0) is 11.3 Å². The summed E-state index contributed by atoms with van der Waals surface area (Å²) in [6.07, 6.45) is 0. The van der Waals surface area contributed by atoms with Crippen LogP contribution < -0.4 is 5.32 Å². The Kier molecular flexibility index (Phi) is 6.01. The summed E-state index contributed by atoms with van der Waals surface area (Å²) in [7, 11) is 0. The Morgan fingerprint density at radius 3 is 2.05 bits per heavy atom. The highest BCUT2D eigenvalue weighted by Crippen LogP contribution is 2.19. The van der Waals surface area contributed by atoms with Crippen LogP contribution in [-0.4, -0.2) is 65.7 Å². The van der Waals surface area contributed by atoms with Gasteiger partial charge in [0, 0.05) is 32.7 Å². The van der Waals surface area contributed by atoms with E-state index >= 15 is 0 Å². The molecule has 1 atom stereocenters. The van der Waals surface area contributed by atoms with Crippen LogP contribution in [0.5, 0.6) is 0 Å². The van der Waals surface area contributed by atoms with E-state index in [0.717, 1.165) is 19.6 Å². The Labute approximate surface area is 127 Å². The lowest BCUT2D eigenvalue weighted by Gasteiger charge is -2.37. The lowest BCUT2D eigenvalue weighted by atomic mass is 9.87. The molecule has 0 bridgehead atoms. The van der Waals surface area contributed by atoms with Crippen molar-refractivity contribution in [3.8, 4) is 0 Å². The smallest absolute Gasteiger partial charge is 0.326 e. The zero-order chi connectivity index (χ0) is 16.2. The van der Waals surface area contributed by atoms with Crippen LogP contribution in [0.25, 0.3) is 0 Å². The minimum atomic E-state index is -0.991. The Morgan fingerprint density at radius 1 is 1.14 bits per heavy atom. The second-order valence-corrected chi connectivity index (χ2v) is 7.27. The van der Waals surface area contributed by atoms with Crippen molar-refractivity contribution in [2.75, 3.05) is 32.7 Å². The van der Waals surface area contributed by atoms with Gasteiger partial charge >= 0.3 is 12.0 Å². The maximum atomic E-state index is 12.2. The number of amides is 2. The summed E-state index contributed by atoms with van der Waals surface area (Å²) in [5, 5.41) is 11.9. The molecule has 1 aliphatic heterocycles. The van der Waals surface area contributed by atoms with E-state index in [1.807, 2.05) is 20.8 Å². The number of hydrogen-bond acceptors (Lipinski definition) is 3. The van der Waals surface area contributed by atoms with Crippen molar-refractivity contribution in [3.05, 3.63) is 0 Å². The van der Waals surface area contributed by atoms with Gasteiger partial charge in [0.05, 0.1) is 0 Å². The van der Waals surface area contributed by atoms with E-state index in [-0.39, 0.29) is 6.03 Å². The Hall–Kier alpha value is -1.30. The van der Waals surface area contributed by atoms with Gasteiger partial charge in [-0.1, -0.05) is 34.6 Å². The fourth-order valence-corrected chi connectivity index (χ4v) is 2.51. The third kappa shape index (κ3) is 5.53. The summed E-state index contributed by atoms with van der Waals surface area (Å²) in [5.41, 5.74) is -0.513. The molecule has 0 unspecified atom stereocenters. The average Bonchev–Trinajstić information content (AvgIpc) is 2.34. The van der Waals surface area contributed by atoms with E-state index in [2.05, 4.69) is 24.1 Å². The number of carbonyl (C=O) groups is 2. The molecule has 0 saturated carbocycles. The number of urea groups is 1. The number of aliphatic carboxylic acids is 1. The summed E-state index contributed by atoms with van der Waals surface area (Å²) in [5.74, 6) is -0.378. The molecule has 1 heterocycles. The molecule has 0 spiro atoms. The highest BCUT2D eigenvalue weighted by atomic mass is 16.4. The monoisotopic (exact) mass is 299 g/mol. The van der Waals surface area contributed by atoms with Crippen molar-refractivity contribution < 1.29 is 14.7 Å². The summed E-state index contributed by atoms with van der Waals surface area (Å²) >= 11 is 0. The lowest BCUT2D eigenvalue weighted by Crippen LogP contribution is -2.57. The molecule has 6 heteroatoms. The van der Waals surface area contributed by atoms with Gasteiger partial charge in [0.15, 0.2) is 0 Å². The van der Waals surface area contributed by atoms with E-state index in [4.69, 9.17) is 0 Å². The molecule has 1 saturated heterocycles. The van der Waals surface area contributed by atoms with Crippen LogP contribution >= 0.6 is 0 Å². The Balaban J connectivity index is 2.52. The molecular formula is C15H29N3O3. The van der Waals surface area contributed by atoms with E-state index in [1.165, 1.54) is 0 Å². The second kappa shape index (κ2) is 7.11. The molecule has 2 amide bonds. The van der Waals surface area contributed by atoms with Crippen molar-refractivity contribution in [1.82, 2.24) is 15.1 Å². The minimum Gasteiger partial charge on any atom is -0.480 e. The van der Waals surface area contributed by atoms with Gasteiger partial charge < -0.3 is 15.3 Å². The van der Waals surface area contributed by atoms with Crippen LogP contribution in [0.1, 0.15) is 34.6 Å². The first-order valence-electron chi connectivity index (χ1n) is 7.62. The normalized spacial score (nSPS) is 18.7. The van der Waals surface area contributed by atoms with E-state index in [1.54, 1.807) is 4.90 Å². The van der Waals surface area contributed by atoms with Crippen molar-refractivity contribution in [2.24, 2.45) is 11.3 Å². The van der Waals surface area contributed by atoms with E-state index < -0.39 is 17.4 Å². The standard InChI is InChI=1S/C15H29N3O3/c1-11(2)10-17-6-8-18(9-7-17)14(21)16-12(13(19)20)15(3,4)5/h11-12H,6-10H2,1-5H3,(H,16,21)(H,19,20)/t12-/m1/s1. The van der Waals surface area contributed by atoms with Gasteiger partial charge in [-0.3, -0.25) is 4.90 Å². The van der Waals surface area contributed by atoms with Gasteiger partial charge in [-0.15, -0.1) is 0 Å². The summed E-state index contributed by atoms with van der Waals surface area (Å²) in [6.45, 7) is 13.8. The maximum Gasteiger partial charge on any atom is 0.326 e. The fourth-order valence-electron chi connectivity index (χ4n) is 2.51. The zero-order valence-corrected chi connectivity index (χ0v) is 13.8. The highest BCUT2D eigenvalue weighted by Gasteiger charge is 2.34. The van der Waals surface area contributed by atoms with Crippen LogP contribution in [0.4, 0.5) is 4.79 Å². The molecule has 0 radical (unpaired) electrons. The van der Waals surface area contributed by atoms with Crippen molar-refractivity contribution >= 4 is 12.0 Å². The number of carboxylic acid groups (broad SMARTS) is 1. The molecular weight excluding hydrogens is 270 g/mol. The molecule has 6 nitrogen and oxygen atoms in total. The highest BCUT2D eigenvalue weighted by molar-refractivity contribution is 5.83. The van der Waals surface area contributed by atoms with Crippen LogP contribution in [0, 0.1) is 11.3 Å². The number of hydrogen-bond donors (Lipinski definition) is 2. The number of rotatable bonds is 4. The molecule has 0 aliphatic carbocycles. The lowest BCUT2D eigenvalue weighted by molar-refractivity contribution is -0.142. The quantitative estimate of drug-likeness (QED) is 0.824. The summed E-state index contributed by atoms with van der Waals surface area (Å²) < 4.78 is 0. The first-order valence-corrected chi connectivity index (χ1v) is 7.62. The van der Waals surface area contributed by atoms with E-state index in [9.17, 15) is 14.7 Å². The molecule has 0 aromatic carbocycles. The van der Waals surface area contributed by atoms with Crippen molar-refractivity contribution in [2.45, 2.75) is 40.7 Å². The molecule has 1 aliphatic rings. The molecule has 21 heavy (non-hydrogen) atoms. The van der Waals surface area contributed by atoms with Crippen molar-refractivity contribution in [3.63, 3.8) is 0 Å². The number of nitrogens with one attached hydrogen (secondary N) is 1. The van der Waals surface area contributed by atoms with Crippen LogP contribution in [0.3, 0.4) is 0 Å². The first-order chi connectivity index (χ1) is 9.61. The van der Waals surface area contributed by atoms with Gasteiger partial charge in [-0.2, -0.15) is 0 Å². The van der Waals surface area contributed by atoms with Gasteiger partial charge in [0.1, 0.15) is 6.04 Å². The number of carboxylic acids is 1. The Morgan fingerprint density at radius 2 is 1.67 bits per heavy atom. The maximum absolute atomic E-state index is 12.2. The third-order valence-electron chi connectivity index (χ3n) is 3.66. The molecule has 122 valence electrons. The largest absolute Gasteiger partial charge is 0.480 e. The molecule has 0 aromatic rings. The number of carbonyl (C=O) groups excluding carboxylic acids is 1. The van der Waals surface area contributed by atoms with Gasteiger partial charge in [0.25, 0.3) is 0 Å². The van der Waals surface area contributed by atoms with Gasteiger partial charge in [-0.25, -0.2) is 9.59 Å². The predicted octanol–water partition coefficient (Wildman–Crippen LogP) is 1.47. The molecule has 1 fully saturated rings. The molecule has 0 aromatic heterocycles. The summed E-state index contributed by atoms with van der Waals surface area (Å²) in [6, 6.07) is -1.15. The number of piperazine rings is 1. The third-order valence-corrected chi connectivity index (χ3v) is 3.66. The summed E-state index contributed by atoms with van der Waals surface area (Å²) in [4.78, 5) is 27.6. The SMILES string of the molecule is CC(C)CN1CCN(C(=O)N[C@H](C(=O)O)C(C)(C)C)CC1. The van der Waals surface area contributed by atoms with Crippen LogP contribution in [0.15, 0.2) is 0 Å². The average molecular weight is 299 g/mol. The fraction of sp³-hybridized carbons (Fsp3) is 0.867. The zero-order valence-electron chi connectivity index (χ0n) is 13.8. The van der Waals surface area contributed by atoms with Crippen LogP contribution in [-0.2, 0) is 4.79 Å². The van der Waals surface area contributed by atoms with Gasteiger partial charge in [0.2, 0.25) is 0 Å². The minimum absolute atomic E-state index is 0.276. The molecule has 1 rings (SSSR count). The topological polar surface area (TPSA) is 72.9 Å². The Bertz CT molecular complexity index is 369. The second-order valence-electron chi connectivity index (χ2n) is 7.27. The molecule has 2 N–H and O–H groups in total. The van der Waals surface area contributed by atoms with E-state index in [0.29, 0.717) is 19.0 Å². The van der Waals surface area contributed by atoms with Crippen molar-refractivity contribution in [1.29, 1.82) is 0 Å². The first kappa shape index (κ1) is 17.8. The number of nitrogens with zero attached hydrogens (tertiary/aromatic N) is 2. The predicted molar refractivity (Wildman–Crippen MR) is 82.3 cm³/mol.